The van der Waals surface area contributed by atoms with Gasteiger partial charge in [-0.15, -0.1) is 0 Å². The zero-order valence-electron chi connectivity index (χ0n) is 23.8. The molecule has 0 saturated carbocycles. The fourth-order valence-electron chi connectivity index (χ4n) is 4.30. The van der Waals surface area contributed by atoms with E-state index in [2.05, 4.69) is 5.32 Å². The van der Waals surface area contributed by atoms with Crippen LogP contribution in [0, 0.1) is 0 Å². The Morgan fingerprint density at radius 1 is 0.976 bits per heavy atom. The molecule has 0 spiro atoms. The van der Waals surface area contributed by atoms with Gasteiger partial charge in [0.1, 0.15) is 18.3 Å². The van der Waals surface area contributed by atoms with Crippen LogP contribution < -0.4 is 14.4 Å². The van der Waals surface area contributed by atoms with Gasteiger partial charge in [-0.1, -0.05) is 78.1 Å². The summed E-state index contributed by atoms with van der Waals surface area (Å²) in [7, 11) is -2.63. The van der Waals surface area contributed by atoms with Crippen molar-refractivity contribution >= 4 is 62.3 Å². The standard InChI is InChI=1S/C30H34Cl3N3O5S/c1-5-20(2)34-30(38)27(16-21-10-7-6-8-11-21)35(18-23-24(32)12-9-13-25(23)33)29(37)19-36(42(4,39)40)26-17-22(31)14-15-28(26)41-3/h6-15,17,20,27H,5,16,18-19H2,1-4H3,(H,34,38)/t20-,27-/m1/s1. The van der Waals surface area contributed by atoms with E-state index in [0.717, 1.165) is 16.1 Å². The number of nitrogens with zero attached hydrogens (tertiary/aromatic N) is 2. The lowest BCUT2D eigenvalue weighted by Gasteiger charge is -2.34. The van der Waals surface area contributed by atoms with Gasteiger partial charge in [0.15, 0.2) is 0 Å². The molecule has 0 radical (unpaired) electrons. The number of halogens is 3. The zero-order chi connectivity index (χ0) is 31.0. The van der Waals surface area contributed by atoms with E-state index >= 15 is 0 Å². The average Bonchev–Trinajstić information content (AvgIpc) is 2.94. The number of ether oxygens (including phenoxy) is 1. The number of benzene rings is 3. The van der Waals surface area contributed by atoms with Gasteiger partial charge in [-0.25, -0.2) is 8.42 Å². The van der Waals surface area contributed by atoms with Crippen LogP contribution in [0.15, 0.2) is 66.7 Å². The van der Waals surface area contributed by atoms with Crippen LogP contribution in [0.5, 0.6) is 5.75 Å². The first-order valence-corrected chi connectivity index (χ1v) is 16.2. The van der Waals surface area contributed by atoms with Crippen molar-refractivity contribution in [2.45, 2.75) is 45.3 Å². The summed E-state index contributed by atoms with van der Waals surface area (Å²) in [6.07, 6.45) is 1.81. The maximum Gasteiger partial charge on any atom is 0.244 e. The third-order valence-corrected chi connectivity index (χ3v) is 8.82. The van der Waals surface area contributed by atoms with Gasteiger partial charge in [0.25, 0.3) is 0 Å². The number of carbonyl (C=O) groups is 2. The predicted molar refractivity (Wildman–Crippen MR) is 169 cm³/mol. The number of nitrogens with one attached hydrogen (secondary N) is 1. The number of methoxy groups -OCH3 is 1. The monoisotopic (exact) mass is 653 g/mol. The van der Waals surface area contributed by atoms with Gasteiger partial charge in [-0.3, -0.25) is 13.9 Å². The second-order valence-electron chi connectivity index (χ2n) is 9.83. The summed E-state index contributed by atoms with van der Waals surface area (Å²) >= 11 is 19.2. The minimum Gasteiger partial charge on any atom is -0.495 e. The molecule has 0 heterocycles. The topological polar surface area (TPSA) is 96.0 Å². The molecule has 0 unspecified atom stereocenters. The fourth-order valence-corrected chi connectivity index (χ4v) is 5.83. The molecule has 0 bridgehead atoms. The van der Waals surface area contributed by atoms with Crippen LogP contribution in [0.25, 0.3) is 0 Å². The Hall–Kier alpha value is -2.98. The van der Waals surface area contributed by atoms with Crippen molar-refractivity contribution in [3.8, 4) is 5.75 Å². The van der Waals surface area contributed by atoms with Crippen molar-refractivity contribution in [3.05, 3.63) is 92.9 Å². The van der Waals surface area contributed by atoms with Gasteiger partial charge in [0, 0.05) is 39.6 Å². The molecule has 0 aromatic heterocycles. The molecule has 0 aliphatic heterocycles. The fraction of sp³-hybridized carbons (Fsp3) is 0.333. The lowest BCUT2D eigenvalue weighted by atomic mass is 10.0. The molecule has 42 heavy (non-hydrogen) atoms. The molecule has 3 aromatic rings. The highest BCUT2D eigenvalue weighted by Crippen LogP contribution is 2.33. The minimum atomic E-state index is -4.02. The highest BCUT2D eigenvalue weighted by Gasteiger charge is 2.34. The SMILES string of the molecule is CC[C@@H](C)NC(=O)[C@@H](Cc1ccccc1)N(Cc1c(Cl)cccc1Cl)C(=O)CN(c1cc(Cl)ccc1OC)S(C)(=O)=O. The van der Waals surface area contributed by atoms with Crippen molar-refractivity contribution < 1.29 is 22.7 Å². The van der Waals surface area contributed by atoms with Crippen LogP contribution in [0.2, 0.25) is 15.1 Å². The van der Waals surface area contributed by atoms with Crippen molar-refractivity contribution in [3.63, 3.8) is 0 Å². The number of sulfonamides is 1. The van der Waals surface area contributed by atoms with Crippen LogP contribution in [0.1, 0.15) is 31.4 Å². The average molecular weight is 655 g/mol. The Morgan fingerprint density at radius 2 is 1.62 bits per heavy atom. The van der Waals surface area contributed by atoms with Gasteiger partial charge in [-0.2, -0.15) is 0 Å². The van der Waals surface area contributed by atoms with Crippen molar-refractivity contribution in [2.24, 2.45) is 0 Å². The van der Waals surface area contributed by atoms with Crippen molar-refractivity contribution in [1.82, 2.24) is 10.2 Å². The number of anilines is 1. The third kappa shape index (κ3) is 8.77. The van der Waals surface area contributed by atoms with Crippen molar-refractivity contribution in [2.75, 3.05) is 24.2 Å². The van der Waals surface area contributed by atoms with Gasteiger partial charge >= 0.3 is 0 Å². The van der Waals surface area contributed by atoms with E-state index in [0.29, 0.717) is 22.0 Å². The second-order valence-corrected chi connectivity index (χ2v) is 13.0. The first-order valence-electron chi connectivity index (χ1n) is 13.2. The summed E-state index contributed by atoms with van der Waals surface area (Å²) in [6, 6.07) is 17.5. The molecule has 1 N–H and O–H groups in total. The summed E-state index contributed by atoms with van der Waals surface area (Å²) in [5.74, 6) is -0.844. The van der Waals surface area contributed by atoms with Gasteiger partial charge < -0.3 is 15.0 Å². The molecule has 2 atom stereocenters. The van der Waals surface area contributed by atoms with Gasteiger partial charge in [0.05, 0.1) is 19.1 Å². The molecule has 3 aromatic carbocycles. The van der Waals surface area contributed by atoms with E-state index in [-0.39, 0.29) is 35.5 Å². The first kappa shape index (κ1) is 33.5. The number of carbonyl (C=O) groups excluding carboxylic acids is 2. The molecule has 0 saturated heterocycles. The van der Waals surface area contributed by atoms with E-state index in [9.17, 15) is 18.0 Å². The Labute approximate surface area is 262 Å². The summed E-state index contributed by atoms with van der Waals surface area (Å²) in [5.41, 5.74) is 1.32. The van der Waals surface area contributed by atoms with Gasteiger partial charge in [-0.05, 0) is 49.2 Å². The molecular formula is C30H34Cl3N3O5S. The molecule has 3 rings (SSSR count). The molecule has 8 nitrogen and oxygen atoms in total. The summed E-state index contributed by atoms with van der Waals surface area (Å²) in [6.45, 7) is 3.02. The zero-order valence-corrected chi connectivity index (χ0v) is 26.9. The van der Waals surface area contributed by atoms with Gasteiger partial charge in [0.2, 0.25) is 21.8 Å². The summed E-state index contributed by atoms with van der Waals surface area (Å²) in [5, 5.41) is 3.83. The van der Waals surface area contributed by atoms with Crippen LogP contribution in [-0.2, 0) is 32.6 Å². The van der Waals surface area contributed by atoms with Crippen LogP contribution in [0.4, 0.5) is 5.69 Å². The molecule has 226 valence electrons. The second kappa shape index (κ2) is 15.0. The van der Waals surface area contributed by atoms with E-state index in [1.54, 1.807) is 24.3 Å². The number of amides is 2. The Balaban J connectivity index is 2.15. The number of hydrogen-bond acceptors (Lipinski definition) is 5. The van der Waals surface area contributed by atoms with E-state index in [1.807, 2.05) is 44.2 Å². The molecule has 2 amide bonds. The normalized spacial score (nSPS) is 12.7. The highest BCUT2D eigenvalue weighted by atomic mass is 35.5. The summed E-state index contributed by atoms with van der Waals surface area (Å²) < 4.78 is 32.4. The van der Waals surface area contributed by atoms with Crippen LogP contribution >= 0.6 is 34.8 Å². The molecule has 0 fully saturated rings. The van der Waals surface area contributed by atoms with E-state index in [4.69, 9.17) is 39.5 Å². The lowest BCUT2D eigenvalue weighted by molar-refractivity contribution is -0.140. The Bertz CT molecular complexity index is 1490. The maximum absolute atomic E-state index is 14.3. The molecular weight excluding hydrogens is 621 g/mol. The number of rotatable bonds is 13. The largest absolute Gasteiger partial charge is 0.495 e. The lowest BCUT2D eigenvalue weighted by Crippen LogP contribution is -2.54. The Morgan fingerprint density at radius 3 is 2.19 bits per heavy atom. The molecule has 0 aliphatic carbocycles. The van der Waals surface area contributed by atoms with Crippen LogP contribution in [-0.4, -0.2) is 57.1 Å². The first-order chi connectivity index (χ1) is 19.8. The molecule has 12 heteroatoms. The smallest absolute Gasteiger partial charge is 0.244 e. The minimum absolute atomic E-state index is 0.0836. The van der Waals surface area contributed by atoms with Crippen molar-refractivity contribution in [1.29, 1.82) is 0 Å². The van der Waals surface area contributed by atoms with E-state index in [1.165, 1.54) is 24.1 Å². The quantitative estimate of drug-likeness (QED) is 0.245. The summed E-state index contributed by atoms with van der Waals surface area (Å²) in [4.78, 5) is 29.4. The predicted octanol–water partition coefficient (Wildman–Crippen LogP) is 5.98. The number of hydrogen-bond donors (Lipinski definition) is 1. The van der Waals surface area contributed by atoms with Crippen LogP contribution in [0.3, 0.4) is 0 Å². The maximum atomic E-state index is 14.3. The molecule has 0 aliphatic rings. The van der Waals surface area contributed by atoms with E-state index < -0.39 is 34.4 Å². The third-order valence-electron chi connectivity index (χ3n) is 6.75. The Kier molecular flexibility index (Phi) is 11.9. The highest BCUT2D eigenvalue weighted by molar-refractivity contribution is 7.92.